The maximum absolute atomic E-state index is 12.0. The van der Waals surface area contributed by atoms with Gasteiger partial charge in [-0.05, 0) is 33.3 Å². The minimum atomic E-state index is -0.739. The summed E-state index contributed by atoms with van der Waals surface area (Å²) in [6.45, 7) is 6.68. The topological polar surface area (TPSA) is 111 Å². The molecular formula is C21H22N4O3. The van der Waals surface area contributed by atoms with E-state index in [-0.39, 0.29) is 22.8 Å². The lowest BCUT2D eigenvalue weighted by atomic mass is 10.0. The van der Waals surface area contributed by atoms with Crippen LogP contribution in [-0.4, -0.2) is 21.7 Å². The van der Waals surface area contributed by atoms with Crippen molar-refractivity contribution in [1.82, 2.24) is 9.97 Å². The summed E-state index contributed by atoms with van der Waals surface area (Å²) in [6.07, 6.45) is 0.598. The Bertz CT molecular complexity index is 1060. The predicted octanol–water partition coefficient (Wildman–Crippen LogP) is 3.63. The number of carbonyl (C=O) groups excluding carboxylic acids is 2. The van der Waals surface area contributed by atoms with Crippen molar-refractivity contribution < 1.29 is 14.0 Å². The molecule has 3 N–H and O–H groups in total. The van der Waals surface area contributed by atoms with Crippen molar-refractivity contribution in [3.63, 3.8) is 0 Å². The summed E-state index contributed by atoms with van der Waals surface area (Å²) in [5, 5.41) is 3.07. The highest BCUT2D eigenvalue weighted by Gasteiger charge is 2.26. The van der Waals surface area contributed by atoms with E-state index in [1.54, 1.807) is 13.8 Å². The lowest BCUT2D eigenvalue weighted by molar-refractivity contribution is 0.0974. The van der Waals surface area contributed by atoms with Gasteiger partial charge in [0.25, 0.3) is 5.91 Å². The van der Waals surface area contributed by atoms with Crippen molar-refractivity contribution in [2.45, 2.75) is 34.1 Å². The molecule has 0 unspecified atom stereocenters. The van der Waals surface area contributed by atoms with Crippen LogP contribution in [0.5, 0.6) is 0 Å². The number of furan rings is 1. The number of aromatic nitrogens is 2. The fourth-order valence-electron chi connectivity index (χ4n) is 3.25. The molecule has 0 aliphatic rings. The fourth-order valence-corrected chi connectivity index (χ4v) is 3.25. The van der Waals surface area contributed by atoms with Crippen LogP contribution in [0.15, 0.2) is 34.7 Å². The number of ketones is 1. The number of carbonyl (C=O) groups is 2. The van der Waals surface area contributed by atoms with Crippen LogP contribution in [-0.2, 0) is 6.42 Å². The molecule has 0 aliphatic carbocycles. The first kappa shape index (κ1) is 19.3. The molecule has 3 aromatic rings. The highest BCUT2D eigenvalue weighted by atomic mass is 16.4. The summed E-state index contributed by atoms with van der Waals surface area (Å²) >= 11 is 0. The second kappa shape index (κ2) is 7.64. The van der Waals surface area contributed by atoms with Gasteiger partial charge in [-0.15, -0.1) is 0 Å². The number of hydrogen-bond donors (Lipinski definition) is 2. The monoisotopic (exact) mass is 378 g/mol. The second-order valence-electron chi connectivity index (χ2n) is 6.63. The van der Waals surface area contributed by atoms with Gasteiger partial charge in [0.05, 0.1) is 5.56 Å². The Morgan fingerprint density at radius 3 is 2.36 bits per heavy atom. The first-order valence-corrected chi connectivity index (χ1v) is 8.87. The van der Waals surface area contributed by atoms with Crippen molar-refractivity contribution in [3.8, 4) is 0 Å². The first-order valence-electron chi connectivity index (χ1n) is 8.87. The van der Waals surface area contributed by atoms with Crippen LogP contribution >= 0.6 is 0 Å². The summed E-state index contributed by atoms with van der Waals surface area (Å²) in [5.74, 6) is 0.505. The van der Waals surface area contributed by atoms with Crippen LogP contribution in [0.1, 0.15) is 56.0 Å². The minimum absolute atomic E-state index is 0.0320. The highest BCUT2D eigenvalue weighted by molar-refractivity contribution is 6.10. The molecule has 28 heavy (non-hydrogen) atoms. The molecule has 3 rings (SSSR count). The van der Waals surface area contributed by atoms with Gasteiger partial charge in [0, 0.05) is 17.7 Å². The summed E-state index contributed by atoms with van der Waals surface area (Å²) < 4.78 is 5.66. The van der Waals surface area contributed by atoms with Gasteiger partial charge in [0.15, 0.2) is 5.78 Å². The summed E-state index contributed by atoms with van der Waals surface area (Å²) in [4.78, 5) is 32.9. The van der Waals surface area contributed by atoms with Gasteiger partial charge < -0.3 is 15.5 Å². The van der Waals surface area contributed by atoms with E-state index in [2.05, 4.69) is 15.3 Å². The average molecular weight is 378 g/mol. The molecule has 0 atom stereocenters. The van der Waals surface area contributed by atoms with Crippen molar-refractivity contribution in [2.24, 2.45) is 5.73 Å². The van der Waals surface area contributed by atoms with Crippen LogP contribution in [0, 0.1) is 20.8 Å². The van der Waals surface area contributed by atoms with E-state index in [0.29, 0.717) is 23.8 Å². The molecule has 0 spiro atoms. The van der Waals surface area contributed by atoms with Gasteiger partial charge in [-0.2, -0.15) is 0 Å². The summed E-state index contributed by atoms with van der Waals surface area (Å²) in [5.41, 5.74) is 8.51. The molecule has 0 bridgehead atoms. The molecular weight excluding hydrogens is 356 g/mol. The van der Waals surface area contributed by atoms with Gasteiger partial charge in [-0.1, -0.05) is 30.3 Å². The number of primary amides is 1. The number of hydrogen-bond acceptors (Lipinski definition) is 6. The molecule has 0 radical (unpaired) electrons. The number of benzene rings is 1. The standard InChI is InChI=1S/C21H22N4O3/c1-11-16(10-15-8-6-5-7-9-15)20(24-14(4)23-11)25-21-18(19(22)27)17(12(2)26)13(3)28-21/h5-9H,10H2,1-4H3,(H2,22,27)(H,23,24,25). The Labute approximate surface area is 163 Å². The molecule has 0 saturated carbocycles. The summed E-state index contributed by atoms with van der Waals surface area (Å²) in [7, 11) is 0. The number of rotatable bonds is 6. The molecule has 144 valence electrons. The number of anilines is 2. The molecule has 1 amide bonds. The van der Waals surface area contributed by atoms with Crippen molar-refractivity contribution in [3.05, 3.63) is 69.9 Å². The van der Waals surface area contributed by atoms with Crippen molar-refractivity contribution in [1.29, 1.82) is 0 Å². The molecule has 1 aromatic carbocycles. The first-order chi connectivity index (χ1) is 13.3. The Morgan fingerprint density at radius 2 is 1.75 bits per heavy atom. The maximum atomic E-state index is 12.0. The number of nitrogens with one attached hydrogen (secondary N) is 1. The van der Waals surface area contributed by atoms with Crippen LogP contribution < -0.4 is 11.1 Å². The lowest BCUT2D eigenvalue weighted by Crippen LogP contribution is -2.16. The quantitative estimate of drug-likeness (QED) is 0.634. The Balaban J connectivity index is 2.09. The maximum Gasteiger partial charge on any atom is 0.255 e. The van der Waals surface area contributed by atoms with Gasteiger partial charge >= 0.3 is 0 Å². The zero-order valence-corrected chi connectivity index (χ0v) is 16.3. The van der Waals surface area contributed by atoms with E-state index >= 15 is 0 Å². The molecule has 0 aliphatic heterocycles. The van der Waals surface area contributed by atoms with Gasteiger partial charge in [0.1, 0.15) is 23.0 Å². The van der Waals surface area contributed by atoms with E-state index < -0.39 is 5.91 Å². The molecule has 0 fully saturated rings. The van der Waals surface area contributed by atoms with Crippen molar-refractivity contribution >= 4 is 23.4 Å². The molecule has 2 heterocycles. The number of Topliss-reactive ketones (excluding diaryl/α,β-unsaturated/α-hetero) is 1. The van der Waals surface area contributed by atoms with Crippen LogP contribution in [0.3, 0.4) is 0 Å². The second-order valence-corrected chi connectivity index (χ2v) is 6.63. The number of nitrogens with zero attached hydrogens (tertiary/aromatic N) is 2. The summed E-state index contributed by atoms with van der Waals surface area (Å²) in [6, 6.07) is 9.92. The molecule has 0 saturated heterocycles. The number of amides is 1. The van der Waals surface area contributed by atoms with Crippen LogP contribution in [0.2, 0.25) is 0 Å². The zero-order chi connectivity index (χ0) is 20.4. The van der Waals surface area contributed by atoms with E-state index in [9.17, 15) is 9.59 Å². The number of nitrogens with two attached hydrogens (primary N) is 1. The third kappa shape index (κ3) is 3.78. The molecule has 2 aromatic heterocycles. The molecule has 7 nitrogen and oxygen atoms in total. The minimum Gasteiger partial charge on any atom is -0.444 e. The smallest absolute Gasteiger partial charge is 0.255 e. The fraction of sp³-hybridized carbons (Fsp3) is 0.238. The van der Waals surface area contributed by atoms with Gasteiger partial charge in [-0.25, -0.2) is 9.97 Å². The largest absolute Gasteiger partial charge is 0.444 e. The van der Waals surface area contributed by atoms with E-state index in [1.165, 1.54) is 6.92 Å². The Kier molecular flexibility index (Phi) is 5.26. The Morgan fingerprint density at radius 1 is 1.07 bits per heavy atom. The Hall–Kier alpha value is -3.48. The van der Waals surface area contributed by atoms with Crippen LogP contribution in [0.25, 0.3) is 0 Å². The number of aryl methyl sites for hydroxylation is 3. The van der Waals surface area contributed by atoms with Crippen LogP contribution in [0.4, 0.5) is 11.7 Å². The average Bonchev–Trinajstić information content (AvgIpc) is 2.95. The normalized spacial score (nSPS) is 10.7. The van der Waals surface area contributed by atoms with Gasteiger partial charge in [-0.3, -0.25) is 9.59 Å². The predicted molar refractivity (Wildman–Crippen MR) is 106 cm³/mol. The highest BCUT2D eigenvalue weighted by Crippen LogP contribution is 2.31. The van der Waals surface area contributed by atoms with Crippen molar-refractivity contribution in [2.75, 3.05) is 5.32 Å². The zero-order valence-electron chi connectivity index (χ0n) is 16.3. The third-order valence-corrected chi connectivity index (χ3v) is 4.46. The molecule has 7 heteroatoms. The van der Waals surface area contributed by atoms with E-state index in [1.807, 2.05) is 37.3 Å². The van der Waals surface area contributed by atoms with Gasteiger partial charge in [0.2, 0.25) is 5.88 Å². The van der Waals surface area contributed by atoms with E-state index in [4.69, 9.17) is 10.2 Å². The SMILES string of the molecule is CC(=O)c1c(C)oc(Nc2nc(C)nc(C)c2Cc2ccccc2)c1C(N)=O. The van der Waals surface area contributed by atoms with E-state index in [0.717, 1.165) is 16.8 Å². The lowest BCUT2D eigenvalue weighted by Gasteiger charge is -2.13. The third-order valence-electron chi connectivity index (χ3n) is 4.46.